The molecule has 1 nitrogen and oxygen atoms in total. The van der Waals surface area contributed by atoms with Gasteiger partial charge in [-0.1, -0.05) is 78.9 Å². The standard InChI is InChI=1S/C22H21N.ClH/c1-3-8-18(9-4-1)16-23-15-14-20-12-7-13-21(22(20)17-23)19-10-5-2-6-11-19;/h1-13H,14-17H2;1H. The predicted octanol–water partition coefficient (Wildman–Crippen LogP) is 5.33. The largest absolute Gasteiger partial charge is 0.294 e. The highest BCUT2D eigenvalue weighted by molar-refractivity contribution is 5.85. The topological polar surface area (TPSA) is 3.24 Å². The van der Waals surface area contributed by atoms with Crippen LogP contribution >= 0.6 is 12.4 Å². The molecule has 24 heavy (non-hydrogen) atoms. The Balaban J connectivity index is 0.00000169. The van der Waals surface area contributed by atoms with Gasteiger partial charge in [0.15, 0.2) is 0 Å². The average Bonchev–Trinajstić information content (AvgIpc) is 2.63. The van der Waals surface area contributed by atoms with Crippen molar-refractivity contribution in [1.82, 2.24) is 4.90 Å². The summed E-state index contributed by atoms with van der Waals surface area (Å²) in [6.07, 6.45) is 1.14. The molecule has 122 valence electrons. The summed E-state index contributed by atoms with van der Waals surface area (Å²) in [6.45, 7) is 3.21. The fourth-order valence-corrected chi connectivity index (χ4v) is 3.50. The van der Waals surface area contributed by atoms with Crippen LogP contribution in [0.15, 0.2) is 78.9 Å². The number of rotatable bonds is 3. The van der Waals surface area contributed by atoms with Gasteiger partial charge in [0.2, 0.25) is 0 Å². The van der Waals surface area contributed by atoms with E-state index in [1.807, 2.05) is 0 Å². The molecule has 0 bridgehead atoms. The Kier molecular flexibility index (Phi) is 5.34. The van der Waals surface area contributed by atoms with Gasteiger partial charge in [0.1, 0.15) is 0 Å². The normalized spacial score (nSPS) is 13.8. The quantitative estimate of drug-likeness (QED) is 0.625. The number of halogens is 1. The molecule has 1 aliphatic heterocycles. The van der Waals surface area contributed by atoms with Crippen molar-refractivity contribution in [2.45, 2.75) is 19.5 Å². The summed E-state index contributed by atoms with van der Waals surface area (Å²) in [6, 6.07) is 28.3. The lowest BCUT2D eigenvalue weighted by Gasteiger charge is -2.30. The van der Waals surface area contributed by atoms with E-state index in [1.165, 1.54) is 27.8 Å². The molecule has 0 unspecified atom stereocenters. The predicted molar refractivity (Wildman–Crippen MR) is 103 cm³/mol. The molecule has 0 N–H and O–H groups in total. The minimum atomic E-state index is 0. The second-order valence-corrected chi connectivity index (χ2v) is 6.26. The lowest BCUT2D eigenvalue weighted by atomic mass is 9.91. The summed E-state index contributed by atoms with van der Waals surface area (Å²) < 4.78 is 0. The maximum atomic E-state index is 2.56. The third-order valence-corrected chi connectivity index (χ3v) is 4.69. The van der Waals surface area contributed by atoms with Gasteiger partial charge >= 0.3 is 0 Å². The van der Waals surface area contributed by atoms with E-state index in [9.17, 15) is 0 Å². The summed E-state index contributed by atoms with van der Waals surface area (Å²) in [7, 11) is 0. The van der Waals surface area contributed by atoms with E-state index < -0.39 is 0 Å². The molecule has 3 aromatic rings. The van der Waals surface area contributed by atoms with Gasteiger partial charge in [-0.2, -0.15) is 0 Å². The van der Waals surface area contributed by atoms with E-state index in [-0.39, 0.29) is 12.4 Å². The van der Waals surface area contributed by atoms with Crippen molar-refractivity contribution in [2.75, 3.05) is 6.54 Å². The van der Waals surface area contributed by atoms with Gasteiger partial charge in [-0.15, -0.1) is 12.4 Å². The van der Waals surface area contributed by atoms with E-state index in [0.29, 0.717) is 0 Å². The second-order valence-electron chi connectivity index (χ2n) is 6.26. The van der Waals surface area contributed by atoms with Crippen LogP contribution in [0.2, 0.25) is 0 Å². The molecule has 1 heterocycles. The van der Waals surface area contributed by atoms with Crippen LogP contribution in [0.3, 0.4) is 0 Å². The Labute approximate surface area is 150 Å². The fraction of sp³-hybridized carbons (Fsp3) is 0.182. The lowest BCUT2D eigenvalue weighted by Crippen LogP contribution is -2.30. The highest BCUT2D eigenvalue weighted by atomic mass is 35.5. The zero-order chi connectivity index (χ0) is 15.5. The zero-order valence-corrected chi connectivity index (χ0v) is 14.5. The molecule has 0 fully saturated rings. The molecule has 2 heteroatoms. The zero-order valence-electron chi connectivity index (χ0n) is 13.7. The van der Waals surface area contributed by atoms with Gasteiger partial charge in [0.25, 0.3) is 0 Å². The fourth-order valence-electron chi connectivity index (χ4n) is 3.50. The number of fused-ring (bicyclic) bond motifs is 1. The van der Waals surface area contributed by atoms with Gasteiger partial charge in [0.05, 0.1) is 0 Å². The Morgan fingerprint density at radius 3 is 2.21 bits per heavy atom. The van der Waals surface area contributed by atoms with Crippen LogP contribution < -0.4 is 0 Å². The average molecular weight is 336 g/mol. The molecule has 0 saturated carbocycles. The molecule has 0 atom stereocenters. The van der Waals surface area contributed by atoms with E-state index in [1.54, 1.807) is 0 Å². The van der Waals surface area contributed by atoms with Crippen LogP contribution in [0.1, 0.15) is 16.7 Å². The van der Waals surface area contributed by atoms with Crippen molar-refractivity contribution in [3.8, 4) is 11.1 Å². The second kappa shape index (κ2) is 7.65. The summed E-state index contributed by atoms with van der Waals surface area (Å²) in [4.78, 5) is 2.56. The highest BCUT2D eigenvalue weighted by Crippen LogP contribution is 2.30. The van der Waals surface area contributed by atoms with Crippen molar-refractivity contribution in [3.63, 3.8) is 0 Å². The molecule has 1 aliphatic rings. The molecule has 0 spiro atoms. The smallest absolute Gasteiger partial charge is 0.0246 e. The van der Waals surface area contributed by atoms with Gasteiger partial charge < -0.3 is 0 Å². The molecule has 4 rings (SSSR count). The van der Waals surface area contributed by atoms with Crippen molar-refractivity contribution < 1.29 is 0 Å². The maximum absolute atomic E-state index is 2.56. The number of hydrogen-bond donors (Lipinski definition) is 0. The summed E-state index contributed by atoms with van der Waals surface area (Å²) in [5, 5.41) is 0. The van der Waals surface area contributed by atoms with Crippen molar-refractivity contribution >= 4 is 12.4 Å². The third-order valence-electron chi connectivity index (χ3n) is 4.69. The third kappa shape index (κ3) is 3.53. The minimum absolute atomic E-state index is 0. The first-order valence-corrected chi connectivity index (χ1v) is 8.32. The van der Waals surface area contributed by atoms with E-state index >= 15 is 0 Å². The highest BCUT2D eigenvalue weighted by Gasteiger charge is 2.19. The van der Waals surface area contributed by atoms with Crippen LogP contribution in [-0.4, -0.2) is 11.4 Å². The van der Waals surface area contributed by atoms with Crippen molar-refractivity contribution in [1.29, 1.82) is 0 Å². The molecular weight excluding hydrogens is 314 g/mol. The van der Waals surface area contributed by atoms with Crippen LogP contribution in [0.5, 0.6) is 0 Å². The molecule has 0 aliphatic carbocycles. The lowest BCUT2D eigenvalue weighted by molar-refractivity contribution is 0.246. The molecule has 0 aromatic heterocycles. The van der Waals surface area contributed by atoms with Crippen LogP contribution in [-0.2, 0) is 19.5 Å². The van der Waals surface area contributed by atoms with Gasteiger partial charge in [-0.25, -0.2) is 0 Å². The van der Waals surface area contributed by atoms with Crippen LogP contribution in [0, 0.1) is 0 Å². The summed E-state index contributed by atoms with van der Waals surface area (Å²) in [5.74, 6) is 0. The number of nitrogens with zero attached hydrogens (tertiary/aromatic N) is 1. The monoisotopic (exact) mass is 335 g/mol. The first kappa shape index (κ1) is 16.8. The Bertz CT molecular complexity index is 784. The van der Waals surface area contributed by atoms with E-state index in [0.717, 1.165) is 26.1 Å². The summed E-state index contributed by atoms with van der Waals surface area (Å²) in [5.41, 5.74) is 7.12. The van der Waals surface area contributed by atoms with Crippen molar-refractivity contribution in [3.05, 3.63) is 95.6 Å². The van der Waals surface area contributed by atoms with Gasteiger partial charge in [-0.3, -0.25) is 4.90 Å². The summed E-state index contributed by atoms with van der Waals surface area (Å²) >= 11 is 0. The first-order chi connectivity index (χ1) is 11.4. The van der Waals surface area contributed by atoms with Gasteiger partial charge in [0, 0.05) is 19.6 Å². The van der Waals surface area contributed by atoms with E-state index in [4.69, 9.17) is 0 Å². The molecular formula is C22H22ClN. The minimum Gasteiger partial charge on any atom is -0.294 e. The Morgan fingerprint density at radius 2 is 1.46 bits per heavy atom. The van der Waals surface area contributed by atoms with E-state index in [2.05, 4.69) is 83.8 Å². The maximum Gasteiger partial charge on any atom is 0.0246 e. The van der Waals surface area contributed by atoms with Crippen molar-refractivity contribution in [2.24, 2.45) is 0 Å². The molecule has 0 saturated heterocycles. The molecule has 3 aromatic carbocycles. The Morgan fingerprint density at radius 1 is 0.750 bits per heavy atom. The Hall–Kier alpha value is -2.09. The molecule has 0 amide bonds. The van der Waals surface area contributed by atoms with Crippen LogP contribution in [0.4, 0.5) is 0 Å². The SMILES string of the molecule is Cl.c1ccc(CN2CCc3cccc(-c4ccccc4)c3C2)cc1. The van der Waals surface area contributed by atoms with Crippen LogP contribution in [0.25, 0.3) is 11.1 Å². The molecule has 0 radical (unpaired) electrons. The first-order valence-electron chi connectivity index (χ1n) is 8.32. The number of benzene rings is 3. The van der Waals surface area contributed by atoms with Gasteiger partial charge in [-0.05, 0) is 34.2 Å². The number of hydrogen-bond acceptors (Lipinski definition) is 1.